The number of H-pyrrole nitrogens is 2. The van der Waals surface area contributed by atoms with Crippen LogP contribution in [-0.4, -0.2) is 32.7 Å². The number of rotatable bonds is 5. The van der Waals surface area contributed by atoms with E-state index in [4.69, 9.17) is 5.11 Å². The second-order valence-electron chi connectivity index (χ2n) is 3.94. The molecule has 0 amide bonds. The molecule has 0 aromatic carbocycles. The maximum absolute atomic E-state index is 11.5. The summed E-state index contributed by atoms with van der Waals surface area (Å²) in [5, 5.41) is 12.3. The third-order valence-electron chi connectivity index (χ3n) is 2.84. The molecular formula is C11H16N4O2. The summed E-state index contributed by atoms with van der Waals surface area (Å²) in [4.78, 5) is 21.0. The zero-order chi connectivity index (χ0) is 12.3. The predicted octanol–water partition coefficient (Wildman–Crippen LogP) is 0.112. The highest BCUT2D eigenvalue weighted by atomic mass is 16.3. The number of nitrogens with one attached hydrogen (secondary N) is 3. The lowest BCUT2D eigenvalue weighted by Gasteiger charge is -2.12. The average Bonchev–Trinajstić information content (AvgIpc) is 2.75. The summed E-state index contributed by atoms with van der Waals surface area (Å²) in [6.07, 6.45) is 4.02. The first kappa shape index (κ1) is 11.8. The van der Waals surface area contributed by atoms with E-state index in [1.54, 1.807) is 6.20 Å². The van der Waals surface area contributed by atoms with E-state index in [0.29, 0.717) is 17.6 Å². The fraction of sp³-hybridized carbons (Fsp3) is 0.455. The summed E-state index contributed by atoms with van der Waals surface area (Å²) in [5.41, 5.74) is 1.92. The second-order valence-corrected chi connectivity index (χ2v) is 3.94. The van der Waals surface area contributed by atoms with Gasteiger partial charge in [0.15, 0.2) is 0 Å². The topological polar surface area (TPSA) is 93.8 Å². The fourth-order valence-electron chi connectivity index (χ4n) is 1.73. The van der Waals surface area contributed by atoms with E-state index in [9.17, 15) is 4.79 Å². The Hall–Kier alpha value is -1.66. The minimum Gasteiger partial charge on any atom is -0.395 e. The Balaban J connectivity index is 2.20. The Labute approximate surface area is 98.1 Å². The lowest BCUT2D eigenvalue weighted by Crippen LogP contribution is -2.31. The lowest BCUT2D eigenvalue weighted by molar-refractivity contribution is 0.238. The number of hydrogen-bond donors (Lipinski definition) is 4. The van der Waals surface area contributed by atoms with Gasteiger partial charge in [-0.25, -0.2) is 4.98 Å². The van der Waals surface area contributed by atoms with Crippen LogP contribution in [-0.2, 0) is 6.54 Å². The summed E-state index contributed by atoms with van der Waals surface area (Å²) >= 11 is 0. The van der Waals surface area contributed by atoms with Gasteiger partial charge in [-0.2, -0.15) is 0 Å². The van der Waals surface area contributed by atoms with E-state index < -0.39 is 0 Å². The minimum absolute atomic E-state index is 0.0712. The molecule has 2 rings (SSSR count). The third-order valence-corrected chi connectivity index (χ3v) is 2.84. The van der Waals surface area contributed by atoms with Gasteiger partial charge >= 0.3 is 0 Å². The highest BCUT2D eigenvalue weighted by Gasteiger charge is 2.09. The monoisotopic (exact) mass is 236 g/mol. The molecule has 0 aliphatic carbocycles. The molecule has 1 atom stereocenters. The van der Waals surface area contributed by atoms with Gasteiger partial charge < -0.3 is 20.4 Å². The number of aromatic nitrogens is 3. The Bertz CT molecular complexity index is 542. The third kappa shape index (κ3) is 2.37. The van der Waals surface area contributed by atoms with Crippen molar-refractivity contribution in [2.45, 2.75) is 25.9 Å². The van der Waals surface area contributed by atoms with Crippen LogP contribution >= 0.6 is 0 Å². The van der Waals surface area contributed by atoms with Crippen LogP contribution in [0.3, 0.4) is 0 Å². The minimum atomic E-state index is -0.171. The first-order valence-corrected chi connectivity index (χ1v) is 5.64. The molecule has 92 valence electrons. The standard InChI is InChI=1S/C11H16N4O2/c1-2-8(5-16)12-3-7-4-13-10-9(7)14-6-15-11(10)17/h4,6,8,12-13,16H,2-3,5H2,1H3,(H,14,15,17)/t8-/m1/s1. The van der Waals surface area contributed by atoms with Crippen molar-refractivity contribution in [3.63, 3.8) is 0 Å². The highest BCUT2D eigenvalue weighted by molar-refractivity contribution is 5.77. The van der Waals surface area contributed by atoms with Crippen LogP contribution < -0.4 is 10.9 Å². The molecule has 2 aromatic heterocycles. The number of aliphatic hydroxyl groups excluding tert-OH is 1. The van der Waals surface area contributed by atoms with Crippen LogP contribution in [0.5, 0.6) is 0 Å². The molecule has 0 saturated heterocycles. The molecule has 6 heteroatoms. The molecule has 0 bridgehead atoms. The zero-order valence-corrected chi connectivity index (χ0v) is 9.66. The summed E-state index contributed by atoms with van der Waals surface area (Å²) in [6, 6.07) is 0.0712. The summed E-state index contributed by atoms with van der Waals surface area (Å²) in [5.74, 6) is 0. The molecule has 0 spiro atoms. The normalized spacial score (nSPS) is 13.1. The van der Waals surface area contributed by atoms with Crippen molar-refractivity contribution in [1.82, 2.24) is 20.3 Å². The number of aliphatic hydroxyl groups is 1. The van der Waals surface area contributed by atoms with Gasteiger partial charge in [0.1, 0.15) is 5.52 Å². The number of nitrogens with zero attached hydrogens (tertiary/aromatic N) is 1. The van der Waals surface area contributed by atoms with E-state index in [1.807, 2.05) is 6.92 Å². The summed E-state index contributed by atoms with van der Waals surface area (Å²) in [6.45, 7) is 2.69. The summed E-state index contributed by atoms with van der Waals surface area (Å²) < 4.78 is 0. The van der Waals surface area contributed by atoms with Gasteiger partial charge in [0.2, 0.25) is 0 Å². The molecule has 2 heterocycles. The molecule has 0 unspecified atom stereocenters. The average molecular weight is 236 g/mol. The van der Waals surface area contributed by atoms with Crippen LogP contribution in [0.25, 0.3) is 11.0 Å². The van der Waals surface area contributed by atoms with Gasteiger partial charge in [-0.3, -0.25) is 4.79 Å². The molecule has 2 aromatic rings. The number of hydrogen-bond acceptors (Lipinski definition) is 4. The number of aromatic amines is 2. The SMILES string of the molecule is CC[C@H](CO)NCc1c[nH]c2c(=O)[nH]cnc12. The van der Waals surface area contributed by atoms with Gasteiger partial charge in [0.25, 0.3) is 5.56 Å². The van der Waals surface area contributed by atoms with Gasteiger partial charge in [-0.05, 0) is 6.42 Å². The number of fused-ring (bicyclic) bond motifs is 1. The van der Waals surface area contributed by atoms with Crippen molar-refractivity contribution in [3.05, 3.63) is 28.4 Å². The molecular weight excluding hydrogens is 220 g/mol. The Morgan fingerprint density at radius 2 is 2.35 bits per heavy atom. The van der Waals surface area contributed by atoms with Gasteiger partial charge in [0, 0.05) is 24.3 Å². The van der Waals surface area contributed by atoms with Crippen LogP contribution in [0.15, 0.2) is 17.3 Å². The highest BCUT2D eigenvalue weighted by Crippen LogP contribution is 2.11. The Kier molecular flexibility index (Phi) is 3.55. The van der Waals surface area contributed by atoms with Gasteiger partial charge in [0.05, 0.1) is 18.5 Å². The molecule has 0 aliphatic rings. The van der Waals surface area contributed by atoms with Crippen molar-refractivity contribution in [3.8, 4) is 0 Å². The first-order valence-electron chi connectivity index (χ1n) is 5.64. The first-order chi connectivity index (χ1) is 8.26. The maximum atomic E-state index is 11.5. The fourth-order valence-corrected chi connectivity index (χ4v) is 1.73. The maximum Gasteiger partial charge on any atom is 0.275 e. The lowest BCUT2D eigenvalue weighted by atomic mass is 10.2. The van der Waals surface area contributed by atoms with Crippen molar-refractivity contribution < 1.29 is 5.11 Å². The molecule has 0 aliphatic heterocycles. The van der Waals surface area contributed by atoms with Crippen molar-refractivity contribution in [2.75, 3.05) is 6.61 Å². The van der Waals surface area contributed by atoms with Gasteiger partial charge in [-0.1, -0.05) is 6.92 Å². The quantitative estimate of drug-likeness (QED) is 0.593. The Morgan fingerprint density at radius 1 is 1.53 bits per heavy atom. The molecule has 0 radical (unpaired) electrons. The van der Waals surface area contributed by atoms with Crippen LogP contribution in [0.1, 0.15) is 18.9 Å². The van der Waals surface area contributed by atoms with E-state index in [2.05, 4.69) is 20.3 Å². The zero-order valence-electron chi connectivity index (χ0n) is 9.66. The van der Waals surface area contributed by atoms with E-state index >= 15 is 0 Å². The van der Waals surface area contributed by atoms with Crippen molar-refractivity contribution >= 4 is 11.0 Å². The molecule has 17 heavy (non-hydrogen) atoms. The van der Waals surface area contributed by atoms with E-state index in [1.165, 1.54) is 6.33 Å². The van der Waals surface area contributed by atoms with Crippen LogP contribution in [0.2, 0.25) is 0 Å². The molecule has 4 N–H and O–H groups in total. The predicted molar refractivity (Wildman–Crippen MR) is 64.7 cm³/mol. The Morgan fingerprint density at radius 3 is 3.06 bits per heavy atom. The van der Waals surface area contributed by atoms with E-state index in [0.717, 1.165) is 12.0 Å². The van der Waals surface area contributed by atoms with Crippen molar-refractivity contribution in [1.29, 1.82) is 0 Å². The van der Waals surface area contributed by atoms with Crippen molar-refractivity contribution in [2.24, 2.45) is 0 Å². The summed E-state index contributed by atoms with van der Waals surface area (Å²) in [7, 11) is 0. The molecule has 6 nitrogen and oxygen atoms in total. The largest absolute Gasteiger partial charge is 0.395 e. The smallest absolute Gasteiger partial charge is 0.275 e. The van der Waals surface area contributed by atoms with Gasteiger partial charge in [-0.15, -0.1) is 0 Å². The molecule has 0 saturated carbocycles. The second kappa shape index (κ2) is 5.11. The van der Waals surface area contributed by atoms with Crippen LogP contribution in [0.4, 0.5) is 0 Å². The van der Waals surface area contributed by atoms with Crippen LogP contribution in [0, 0.1) is 0 Å². The molecule has 0 fully saturated rings. The van der Waals surface area contributed by atoms with E-state index in [-0.39, 0.29) is 18.2 Å².